The molecule has 162 valence electrons. The van der Waals surface area contributed by atoms with Crippen molar-refractivity contribution in [3.8, 4) is 17.2 Å². The smallest absolute Gasteiger partial charge is 0.237 e. The lowest BCUT2D eigenvalue weighted by molar-refractivity contribution is -0.133. The second-order valence-electron chi connectivity index (χ2n) is 7.39. The molecule has 2 aromatic carbocycles. The fraction of sp³-hybridized carbons (Fsp3) is 0.435. The SMILES string of the molecule is COc1ccc(OC)c(C2CCCN2C(=O)CN(C)CCOc2ccc(F)cc2)c1. The van der Waals surface area contributed by atoms with Crippen LogP contribution in [0.2, 0.25) is 0 Å². The zero-order valence-corrected chi connectivity index (χ0v) is 17.8. The van der Waals surface area contributed by atoms with Crippen molar-refractivity contribution in [1.29, 1.82) is 0 Å². The molecule has 1 atom stereocenters. The highest BCUT2D eigenvalue weighted by Gasteiger charge is 2.32. The monoisotopic (exact) mass is 416 g/mol. The minimum Gasteiger partial charge on any atom is -0.497 e. The zero-order chi connectivity index (χ0) is 21.5. The van der Waals surface area contributed by atoms with Gasteiger partial charge in [0.25, 0.3) is 0 Å². The van der Waals surface area contributed by atoms with E-state index in [1.807, 2.05) is 35.0 Å². The molecule has 0 radical (unpaired) electrons. The summed E-state index contributed by atoms with van der Waals surface area (Å²) in [7, 11) is 5.16. The predicted octanol–water partition coefficient (Wildman–Crippen LogP) is 3.52. The number of methoxy groups -OCH3 is 2. The molecule has 0 saturated carbocycles. The highest BCUT2D eigenvalue weighted by molar-refractivity contribution is 5.79. The van der Waals surface area contributed by atoms with Gasteiger partial charge in [-0.2, -0.15) is 0 Å². The van der Waals surface area contributed by atoms with Gasteiger partial charge in [-0.05, 0) is 62.4 Å². The van der Waals surface area contributed by atoms with Crippen molar-refractivity contribution in [2.45, 2.75) is 18.9 Å². The first kappa shape index (κ1) is 21.9. The van der Waals surface area contributed by atoms with Gasteiger partial charge in [-0.25, -0.2) is 4.39 Å². The normalized spacial score (nSPS) is 16.0. The fourth-order valence-corrected chi connectivity index (χ4v) is 3.74. The number of halogens is 1. The van der Waals surface area contributed by atoms with Crippen LogP contribution in [0.3, 0.4) is 0 Å². The van der Waals surface area contributed by atoms with Crippen LogP contribution in [0.1, 0.15) is 24.4 Å². The third kappa shape index (κ3) is 5.42. The molecular weight excluding hydrogens is 387 g/mol. The lowest BCUT2D eigenvalue weighted by Gasteiger charge is -2.28. The molecule has 0 aliphatic carbocycles. The average Bonchev–Trinajstić information content (AvgIpc) is 3.24. The topological polar surface area (TPSA) is 51.2 Å². The lowest BCUT2D eigenvalue weighted by Crippen LogP contribution is -2.39. The van der Waals surface area contributed by atoms with Crippen molar-refractivity contribution in [2.75, 3.05) is 47.5 Å². The first-order chi connectivity index (χ1) is 14.5. The Kier molecular flexibility index (Phi) is 7.52. The molecule has 30 heavy (non-hydrogen) atoms. The number of hydrogen-bond acceptors (Lipinski definition) is 5. The van der Waals surface area contributed by atoms with Crippen LogP contribution in [-0.2, 0) is 4.79 Å². The molecule has 6 nitrogen and oxygen atoms in total. The average molecular weight is 416 g/mol. The van der Waals surface area contributed by atoms with Crippen LogP contribution in [0.4, 0.5) is 4.39 Å². The van der Waals surface area contributed by atoms with E-state index in [9.17, 15) is 9.18 Å². The third-order valence-electron chi connectivity index (χ3n) is 5.33. The summed E-state index contributed by atoms with van der Waals surface area (Å²) >= 11 is 0. The van der Waals surface area contributed by atoms with Crippen LogP contribution in [0.15, 0.2) is 42.5 Å². The van der Waals surface area contributed by atoms with Gasteiger partial charge in [0.15, 0.2) is 0 Å². The van der Waals surface area contributed by atoms with Gasteiger partial charge in [0.05, 0.1) is 26.8 Å². The summed E-state index contributed by atoms with van der Waals surface area (Å²) in [5, 5.41) is 0. The van der Waals surface area contributed by atoms with E-state index in [0.29, 0.717) is 25.4 Å². The first-order valence-electron chi connectivity index (χ1n) is 10.1. The van der Waals surface area contributed by atoms with Gasteiger partial charge in [-0.3, -0.25) is 9.69 Å². The van der Waals surface area contributed by atoms with E-state index in [4.69, 9.17) is 14.2 Å². The maximum absolute atomic E-state index is 13.0. The van der Waals surface area contributed by atoms with E-state index in [0.717, 1.165) is 36.4 Å². The van der Waals surface area contributed by atoms with Crippen molar-refractivity contribution >= 4 is 5.91 Å². The number of hydrogen-bond donors (Lipinski definition) is 0. The van der Waals surface area contributed by atoms with E-state index < -0.39 is 0 Å². The maximum Gasteiger partial charge on any atom is 0.237 e. The summed E-state index contributed by atoms with van der Waals surface area (Å²) in [4.78, 5) is 16.9. The number of amides is 1. The number of benzene rings is 2. The Morgan fingerprint density at radius 2 is 1.87 bits per heavy atom. The minimum absolute atomic E-state index is 0.0218. The largest absolute Gasteiger partial charge is 0.497 e. The molecule has 1 aliphatic heterocycles. The van der Waals surface area contributed by atoms with Gasteiger partial charge in [-0.1, -0.05) is 0 Å². The van der Waals surface area contributed by atoms with Crippen LogP contribution < -0.4 is 14.2 Å². The Labute approximate surface area is 177 Å². The van der Waals surface area contributed by atoms with Gasteiger partial charge in [0, 0.05) is 18.7 Å². The van der Waals surface area contributed by atoms with Crippen LogP contribution in [0.25, 0.3) is 0 Å². The van der Waals surface area contributed by atoms with Gasteiger partial charge < -0.3 is 19.1 Å². The summed E-state index contributed by atoms with van der Waals surface area (Å²) in [6.45, 7) is 2.03. The zero-order valence-electron chi connectivity index (χ0n) is 17.8. The van der Waals surface area contributed by atoms with Crippen molar-refractivity contribution < 1.29 is 23.4 Å². The summed E-state index contributed by atoms with van der Waals surface area (Å²) in [6, 6.07) is 11.6. The van der Waals surface area contributed by atoms with E-state index >= 15 is 0 Å². The summed E-state index contributed by atoms with van der Waals surface area (Å²) in [5.74, 6) is 1.91. The minimum atomic E-state index is -0.294. The van der Waals surface area contributed by atoms with Crippen LogP contribution in [0.5, 0.6) is 17.2 Å². The molecule has 2 aromatic rings. The standard InChI is InChI=1S/C23H29FN2O4/c1-25(13-14-30-18-8-6-17(24)7-9-18)16-23(27)26-12-4-5-21(26)20-15-19(28-2)10-11-22(20)29-3/h6-11,15,21H,4-5,12-14,16H2,1-3H3. The molecule has 1 heterocycles. The molecule has 3 rings (SSSR count). The molecular formula is C23H29FN2O4. The van der Waals surface area contributed by atoms with E-state index in [1.54, 1.807) is 26.4 Å². The number of rotatable bonds is 9. The Bertz CT molecular complexity index is 844. The van der Waals surface area contributed by atoms with Gasteiger partial charge >= 0.3 is 0 Å². The van der Waals surface area contributed by atoms with Crippen molar-refractivity contribution in [3.63, 3.8) is 0 Å². The number of carbonyl (C=O) groups excluding carboxylic acids is 1. The second kappa shape index (κ2) is 10.3. The Morgan fingerprint density at radius 3 is 2.57 bits per heavy atom. The molecule has 0 spiro atoms. The molecule has 1 amide bonds. The van der Waals surface area contributed by atoms with Gasteiger partial charge in [0.1, 0.15) is 29.7 Å². The number of likely N-dealkylation sites (tertiary alicyclic amines) is 1. The van der Waals surface area contributed by atoms with E-state index in [1.165, 1.54) is 12.1 Å². The first-order valence-corrected chi connectivity index (χ1v) is 10.1. The highest BCUT2D eigenvalue weighted by Crippen LogP contribution is 2.38. The lowest BCUT2D eigenvalue weighted by atomic mass is 10.0. The molecule has 7 heteroatoms. The van der Waals surface area contributed by atoms with Crippen molar-refractivity contribution in [3.05, 3.63) is 53.8 Å². The van der Waals surface area contributed by atoms with Crippen LogP contribution in [0, 0.1) is 5.82 Å². The Hall–Kier alpha value is -2.80. The number of carbonyl (C=O) groups is 1. The second-order valence-corrected chi connectivity index (χ2v) is 7.39. The summed E-state index contributed by atoms with van der Waals surface area (Å²) in [6.07, 6.45) is 1.85. The fourth-order valence-electron chi connectivity index (χ4n) is 3.74. The number of nitrogens with zero attached hydrogens (tertiary/aromatic N) is 2. The molecule has 1 unspecified atom stereocenters. The third-order valence-corrected chi connectivity index (χ3v) is 5.33. The number of ether oxygens (including phenoxy) is 3. The number of likely N-dealkylation sites (N-methyl/N-ethyl adjacent to an activating group) is 1. The maximum atomic E-state index is 13.0. The molecule has 1 aliphatic rings. The van der Waals surface area contributed by atoms with Crippen molar-refractivity contribution in [2.24, 2.45) is 0 Å². The van der Waals surface area contributed by atoms with E-state index in [2.05, 4.69) is 0 Å². The predicted molar refractivity (Wildman–Crippen MR) is 113 cm³/mol. The Morgan fingerprint density at radius 1 is 1.13 bits per heavy atom. The van der Waals surface area contributed by atoms with Gasteiger partial charge in [-0.15, -0.1) is 0 Å². The quantitative estimate of drug-likeness (QED) is 0.626. The van der Waals surface area contributed by atoms with Gasteiger partial charge in [0.2, 0.25) is 5.91 Å². The van der Waals surface area contributed by atoms with Crippen molar-refractivity contribution in [1.82, 2.24) is 9.80 Å². The molecule has 0 aromatic heterocycles. The summed E-state index contributed by atoms with van der Waals surface area (Å²) < 4.78 is 29.5. The highest BCUT2D eigenvalue weighted by atomic mass is 19.1. The summed E-state index contributed by atoms with van der Waals surface area (Å²) in [5.41, 5.74) is 0.977. The molecule has 0 N–H and O–H groups in total. The molecule has 1 saturated heterocycles. The van der Waals surface area contributed by atoms with E-state index in [-0.39, 0.29) is 17.8 Å². The van der Waals surface area contributed by atoms with Crippen LogP contribution >= 0.6 is 0 Å². The molecule has 1 fully saturated rings. The van der Waals surface area contributed by atoms with Crippen LogP contribution in [-0.4, -0.2) is 63.2 Å². The Balaban J connectivity index is 1.57. The molecule has 0 bridgehead atoms.